The molecule has 0 bridgehead atoms. The Kier molecular flexibility index (Phi) is 4.63. The standard InChI is InChI=1S/C18H20N4O6/c1-9-20-16-12(17(26)21(9)10-3-5-11(27-2)6-4-10)7-19-22(16)18-15(25)14(24)13(8-23)28-18/h3-7,13-15,18,23-25H,8H2,1-2H3/t13-,14+,15+,18+/m0/s1. The number of benzene rings is 1. The van der Waals surface area contributed by atoms with Crippen LogP contribution < -0.4 is 10.3 Å². The van der Waals surface area contributed by atoms with Crippen molar-refractivity contribution in [1.29, 1.82) is 0 Å². The highest BCUT2D eigenvalue weighted by Gasteiger charge is 2.44. The molecule has 0 unspecified atom stereocenters. The summed E-state index contributed by atoms with van der Waals surface area (Å²) >= 11 is 0. The van der Waals surface area contributed by atoms with Gasteiger partial charge >= 0.3 is 0 Å². The van der Waals surface area contributed by atoms with Gasteiger partial charge in [-0.1, -0.05) is 0 Å². The molecule has 0 spiro atoms. The normalized spacial score (nSPS) is 24.8. The summed E-state index contributed by atoms with van der Waals surface area (Å²) in [5, 5.41) is 33.9. The molecule has 2 aromatic heterocycles. The van der Waals surface area contributed by atoms with Crippen molar-refractivity contribution < 1.29 is 24.8 Å². The van der Waals surface area contributed by atoms with Crippen molar-refractivity contribution >= 4 is 11.0 Å². The van der Waals surface area contributed by atoms with Gasteiger partial charge < -0.3 is 24.8 Å². The highest BCUT2D eigenvalue weighted by molar-refractivity contribution is 5.74. The highest BCUT2D eigenvalue weighted by atomic mass is 16.6. The molecule has 1 saturated heterocycles. The molecule has 3 aromatic rings. The lowest BCUT2D eigenvalue weighted by Gasteiger charge is -2.16. The summed E-state index contributed by atoms with van der Waals surface area (Å²) in [6.45, 7) is 1.23. The number of aromatic nitrogens is 4. The molecule has 1 fully saturated rings. The van der Waals surface area contributed by atoms with Gasteiger partial charge in [0.05, 0.1) is 25.6 Å². The van der Waals surface area contributed by atoms with Gasteiger partial charge in [-0.15, -0.1) is 0 Å². The summed E-state index contributed by atoms with van der Waals surface area (Å²) in [5.74, 6) is 1.08. The van der Waals surface area contributed by atoms with Gasteiger partial charge in [-0.2, -0.15) is 5.10 Å². The number of aryl methyl sites for hydroxylation is 1. The average Bonchev–Trinajstić information content (AvgIpc) is 3.23. The zero-order valence-electron chi connectivity index (χ0n) is 15.3. The Hall–Kier alpha value is -2.79. The number of fused-ring (bicyclic) bond motifs is 1. The van der Waals surface area contributed by atoms with Crippen LogP contribution in [0.5, 0.6) is 5.75 Å². The molecule has 0 aliphatic carbocycles. The second-order valence-corrected chi connectivity index (χ2v) is 6.55. The van der Waals surface area contributed by atoms with E-state index in [0.717, 1.165) is 0 Å². The minimum Gasteiger partial charge on any atom is -0.497 e. The predicted octanol–water partition coefficient (Wildman–Crippen LogP) is -0.489. The third kappa shape index (κ3) is 2.78. The van der Waals surface area contributed by atoms with Crippen LogP contribution in [0.15, 0.2) is 35.3 Å². The van der Waals surface area contributed by atoms with Crippen LogP contribution >= 0.6 is 0 Å². The van der Waals surface area contributed by atoms with Crippen molar-refractivity contribution in [3.05, 3.63) is 46.6 Å². The second-order valence-electron chi connectivity index (χ2n) is 6.55. The van der Waals surface area contributed by atoms with E-state index in [4.69, 9.17) is 9.47 Å². The van der Waals surface area contributed by atoms with Gasteiger partial charge in [0.2, 0.25) is 0 Å². The number of aliphatic hydroxyl groups is 3. The summed E-state index contributed by atoms with van der Waals surface area (Å²) in [7, 11) is 1.56. The predicted molar refractivity (Wildman–Crippen MR) is 97.4 cm³/mol. The summed E-state index contributed by atoms with van der Waals surface area (Å²) in [5.41, 5.74) is 0.520. The summed E-state index contributed by atoms with van der Waals surface area (Å²) in [6, 6.07) is 6.98. The number of ether oxygens (including phenoxy) is 2. The fourth-order valence-electron chi connectivity index (χ4n) is 3.39. The molecule has 28 heavy (non-hydrogen) atoms. The Balaban J connectivity index is 1.81. The third-order valence-corrected chi connectivity index (χ3v) is 4.88. The SMILES string of the molecule is COc1ccc(-n2c(C)nc3c(cnn3[C@@H]3O[C@@H](CO)[C@@H](O)[C@H]3O)c2=O)cc1. The topological polar surface area (TPSA) is 132 Å². The molecule has 3 heterocycles. The highest BCUT2D eigenvalue weighted by Crippen LogP contribution is 2.30. The molecule has 1 aliphatic heterocycles. The van der Waals surface area contributed by atoms with E-state index in [2.05, 4.69) is 10.1 Å². The van der Waals surface area contributed by atoms with Crippen molar-refractivity contribution in [1.82, 2.24) is 19.3 Å². The van der Waals surface area contributed by atoms with Crippen LogP contribution in [0.25, 0.3) is 16.7 Å². The molecule has 1 aromatic carbocycles. The maximum atomic E-state index is 13.0. The van der Waals surface area contributed by atoms with Gasteiger partial charge in [-0.25, -0.2) is 9.67 Å². The van der Waals surface area contributed by atoms with Gasteiger partial charge in [-0.3, -0.25) is 9.36 Å². The van der Waals surface area contributed by atoms with E-state index in [0.29, 0.717) is 17.3 Å². The Morgan fingerprint density at radius 1 is 1.21 bits per heavy atom. The van der Waals surface area contributed by atoms with Crippen LogP contribution in [0.2, 0.25) is 0 Å². The molecule has 4 atom stereocenters. The van der Waals surface area contributed by atoms with Crippen LogP contribution in [-0.2, 0) is 4.74 Å². The van der Waals surface area contributed by atoms with Crippen molar-refractivity contribution in [3.63, 3.8) is 0 Å². The maximum absolute atomic E-state index is 13.0. The molecule has 0 amide bonds. The zero-order chi connectivity index (χ0) is 20.0. The fourth-order valence-corrected chi connectivity index (χ4v) is 3.39. The largest absolute Gasteiger partial charge is 0.497 e. The lowest BCUT2D eigenvalue weighted by Crippen LogP contribution is -2.33. The van der Waals surface area contributed by atoms with Crippen molar-refractivity contribution in [3.8, 4) is 11.4 Å². The molecule has 10 heteroatoms. The Bertz CT molecular complexity index is 1060. The number of hydrogen-bond acceptors (Lipinski definition) is 8. The van der Waals surface area contributed by atoms with Crippen molar-refractivity contribution in [2.24, 2.45) is 0 Å². The lowest BCUT2D eigenvalue weighted by molar-refractivity contribution is -0.0566. The number of aliphatic hydroxyl groups excluding tert-OH is 3. The molecule has 3 N–H and O–H groups in total. The van der Waals surface area contributed by atoms with Crippen LogP contribution in [0.4, 0.5) is 0 Å². The lowest BCUT2D eigenvalue weighted by atomic mass is 10.1. The van der Waals surface area contributed by atoms with Crippen LogP contribution in [0.1, 0.15) is 12.1 Å². The van der Waals surface area contributed by atoms with Crippen molar-refractivity contribution in [2.45, 2.75) is 31.5 Å². The molecule has 4 rings (SSSR count). The van der Waals surface area contributed by atoms with Gasteiger partial charge in [0, 0.05) is 0 Å². The second kappa shape index (κ2) is 6.99. The van der Waals surface area contributed by atoms with Crippen molar-refractivity contribution in [2.75, 3.05) is 13.7 Å². The summed E-state index contributed by atoms with van der Waals surface area (Å²) in [6.07, 6.45) is -3.24. The Morgan fingerprint density at radius 2 is 1.93 bits per heavy atom. The van der Waals surface area contributed by atoms with E-state index < -0.39 is 31.1 Å². The van der Waals surface area contributed by atoms with Gasteiger partial charge in [-0.05, 0) is 31.2 Å². The third-order valence-electron chi connectivity index (χ3n) is 4.88. The number of rotatable bonds is 4. The van der Waals surface area contributed by atoms with Gasteiger partial charge in [0.25, 0.3) is 5.56 Å². The zero-order valence-corrected chi connectivity index (χ0v) is 15.3. The number of nitrogens with zero attached hydrogens (tertiary/aromatic N) is 4. The first-order valence-electron chi connectivity index (χ1n) is 8.70. The smallest absolute Gasteiger partial charge is 0.269 e. The van der Waals surface area contributed by atoms with Crippen LogP contribution in [-0.4, -0.2) is 66.7 Å². The first-order valence-corrected chi connectivity index (χ1v) is 8.70. The monoisotopic (exact) mass is 388 g/mol. The number of hydrogen-bond donors (Lipinski definition) is 3. The molecular weight excluding hydrogens is 368 g/mol. The molecular formula is C18H20N4O6. The van der Waals surface area contributed by atoms with E-state index in [1.165, 1.54) is 15.4 Å². The first-order chi connectivity index (χ1) is 13.5. The van der Waals surface area contributed by atoms with Gasteiger partial charge in [0.1, 0.15) is 35.3 Å². The quantitative estimate of drug-likeness (QED) is 0.546. The number of methoxy groups -OCH3 is 1. The molecule has 1 aliphatic rings. The average molecular weight is 388 g/mol. The molecule has 0 radical (unpaired) electrons. The Labute approximate surface area is 159 Å². The van der Waals surface area contributed by atoms with E-state index in [1.54, 1.807) is 38.3 Å². The first kappa shape index (κ1) is 18.6. The molecule has 10 nitrogen and oxygen atoms in total. The van der Waals surface area contributed by atoms with Gasteiger partial charge in [0.15, 0.2) is 11.9 Å². The van der Waals surface area contributed by atoms with E-state index in [9.17, 15) is 20.1 Å². The summed E-state index contributed by atoms with van der Waals surface area (Å²) in [4.78, 5) is 17.5. The summed E-state index contributed by atoms with van der Waals surface area (Å²) < 4.78 is 13.3. The molecule has 0 saturated carbocycles. The van der Waals surface area contributed by atoms with E-state index in [-0.39, 0.29) is 16.6 Å². The minimum absolute atomic E-state index is 0.224. The molecule has 148 valence electrons. The van der Waals surface area contributed by atoms with Crippen LogP contribution in [0, 0.1) is 6.92 Å². The van der Waals surface area contributed by atoms with E-state index >= 15 is 0 Å². The minimum atomic E-state index is -1.31. The Morgan fingerprint density at radius 3 is 2.54 bits per heavy atom. The van der Waals surface area contributed by atoms with Crippen LogP contribution in [0.3, 0.4) is 0 Å². The fraction of sp³-hybridized carbons (Fsp3) is 0.389. The van der Waals surface area contributed by atoms with E-state index in [1.807, 2.05) is 0 Å². The maximum Gasteiger partial charge on any atom is 0.269 e.